The van der Waals surface area contributed by atoms with Gasteiger partial charge in [0.25, 0.3) is 0 Å². The zero-order chi connectivity index (χ0) is 18.1. The molecule has 6 nitrogen and oxygen atoms in total. The molecule has 3 heterocycles. The minimum Gasteiger partial charge on any atom is -0.392 e. The van der Waals surface area contributed by atoms with Gasteiger partial charge in [-0.05, 0) is 37.1 Å². The van der Waals surface area contributed by atoms with Crippen LogP contribution in [0.1, 0.15) is 29.6 Å². The number of likely N-dealkylation sites (tertiary alicyclic amines) is 1. The Morgan fingerprint density at radius 2 is 2.19 bits per heavy atom. The summed E-state index contributed by atoms with van der Waals surface area (Å²) in [5.41, 5.74) is 2.04. The van der Waals surface area contributed by atoms with Crippen molar-refractivity contribution < 1.29 is 14.0 Å². The largest absolute Gasteiger partial charge is 0.392 e. The summed E-state index contributed by atoms with van der Waals surface area (Å²) < 4.78 is 19.2. The second-order valence-electron chi connectivity index (χ2n) is 6.58. The van der Waals surface area contributed by atoms with Crippen LogP contribution in [-0.4, -0.2) is 37.8 Å². The first-order valence-corrected chi connectivity index (χ1v) is 8.52. The van der Waals surface area contributed by atoms with Gasteiger partial charge in [-0.3, -0.25) is 9.88 Å². The Hall–Kier alpha value is -2.64. The number of rotatable bonds is 4. The maximum absolute atomic E-state index is 13.8. The van der Waals surface area contributed by atoms with Gasteiger partial charge in [-0.1, -0.05) is 23.4 Å². The van der Waals surface area contributed by atoms with Crippen molar-refractivity contribution in [2.45, 2.75) is 32.0 Å². The average Bonchev–Trinajstić information content (AvgIpc) is 3.25. The van der Waals surface area contributed by atoms with Crippen LogP contribution < -0.4 is 0 Å². The zero-order valence-electron chi connectivity index (χ0n) is 14.3. The molecule has 0 bridgehead atoms. The lowest BCUT2D eigenvalue weighted by Gasteiger charge is -2.20. The highest BCUT2D eigenvalue weighted by atomic mass is 19.1. The van der Waals surface area contributed by atoms with Crippen LogP contribution in [0.5, 0.6) is 0 Å². The van der Waals surface area contributed by atoms with E-state index in [1.165, 1.54) is 6.07 Å². The van der Waals surface area contributed by atoms with Gasteiger partial charge in [0.1, 0.15) is 5.82 Å². The number of aryl methyl sites for hydroxylation is 1. The fourth-order valence-electron chi connectivity index (χ4n) is 3.23. The summed E-state index contributed by atoms with van der Waals surface area (Å²) in [4.78, 5) is 10.8. The van der Waals surface area contributed by atoms with Crippen molar-refractivity contribution in [3.63, 3.8) is 0 Å². The molecule has 2 atom stereocenters. The summed E-state index contributed by atoms with van der Waals surface area (Å²) in [6.07, 6.45) is 1.79. The molecule has 1 aliphatic heterocycles. The maximum atomic E-state index is 13.8. The first-order valence-electron chi connectivity index (χ1n) is 8.52. The number of pyridine rings is 1. The van der Waals surface area contributed by atoms with E-state index in [0.717, 1.165) is 5.69 Å². The van der Waals surface area contributed by atoms with E-state index in [2.05, 4.69) is 20.0 Å². The van der Waals surface area contributed by atoms with Crippen LogP contribution in [0.3, 0.4) is 0 Å². The molecule has 134 valence electrons. The number of β-amino-alcohol motifs (C(OH)–C–C–N with tert-alkyl or cyclic N) is 1. The summed E-state index contributed by atoms with van der Waals surface area (Å²) in [7, 11) is 0. The fourth-order valence-corrected chi connectivity index (χ4v) is 3.23. The molecule has 1 aliphatic rings. The van der Waals surface area contributed by atoms with Gasteiger partial charge in [-0.2, -0.15) is 4.98 Å². The Morgan fingerprint density at radius 3 is 2.96 bits per heavy atom. The SMILES string of the molecule is Cc1ccc(-c2noc(C3CC(O)CN3Cc3ccccn3)n2)cc1F. The van der Waals surface area contributed by atoms with Crippen molar-refractivity contribution in [2.75, 3.05) is 6.54 Å². The number of nitrogens with zero attached hydrogens (tertiary/aromatic N) is 4. The van der Waals surface area contributed by atoms with Crippen LogP contribution in [0.2, 0.25) is 0 Å². The van der Waals surface area contributed by atoms with Crippen molar-refractivity contribution in [1.29, 1.82) is 0 Å². The number of hydrogen-bond acceptors (Lipinski definition) is 6. The molecule has 3 aromatic rings. The van der Waals surface area contributed by atoms with Gasteiger partial charge in [0.05, 0.1) is 17.8 Å². The highest BCUT2D eigenvalue weighted by molar-refractivity contribution is 5.55. The zero-order valence-corrected chi connectivity index (χ0v) is 14.3. The predicted molar refractivity (Wildman–Crippen MR) is 92.4 cm³/mol. The van der Waals surface area contributed by atoms with E-state index in [1.54, 1.807) is 25.3 Å². The predicted octanol–water partition coefficient (Wildman–Crippen LogP) is 2.89. The van der Waals surface area contributed by atoms with E-state index in [1.807, 2.05) is 18.2 Å². The molecule has 1 saturated heterocycles. The van der Waals surface area contributed by atoms with E-state index in [0.29, 0.717) is 42.4 Å². The van der Waals surface area contributed by atoms with Gasteiger partial charge < -0.3 is 9.63 Å². The number of aliphatic hydroxyl groups is 1. The Bertz CT molecular complexity index is 900. The highest BCUT2D eigenvalue weighted by Gasteiger charge is 2.36. The van der Waals surface area contributed by atoms with E-state index in [-0.39, 0.29) is 11.9 Å². The molecule has 4 rings (SSSR count). The molecule has 0 aliphatic carbocycles. The number of halogens is 1. The molecule has 1 aromatic carbocycles. The van der Waals surface area contributed by atoms with Crippen LogP contribution in [0.15, 0.2) is 47.1 Å². The Balaban J connectivity index is 1.57. The molecule has 2 aromatic heterocycles. The molecule has 0 saturated carbocycles. The van der Waals surface area contributed by atoms with E-state index in [9.17, 15) is 9.50 Å². The molecular formula is C19H19FN4O2. The minimum atomic E-state index is -0.462. The second-order valence-corrected chi connectivity index (χ2v) is 6.58. The third kappa shape index (κ3) is 3.36. The third-order valence-corrected chi connectivity index (χ3v) is 4.63. The normalized spacial score (nSPS) is 20.6. The Morgan fingerprint density at radius 1 is 1.31 bits per heavy atom. The second kappa shape index (κ2) is 6.93. The lowest BCUT2D eigenvalue weighted by atomic mass is 10.1. The van der Waals surface area contributed by atoms with Gasteiger partial charge in [0, 0.05) is 24.8 Å². The Labute approximate surface area is 150 Å². The molecule has 0 amide bonds. The molecule has 0 spiro atoms. The lowest BCUT2D eigenvalue weighted by molar-refractivity contribution is 0.168. The number of benzene rings is 1. The van der Waals surface area contributed by atoms with Crippen LogP contribution >= 0.6 is 0 Å². The van der Waals surface area contributed by atoms with Crippen LogP contribution in [0.25, 0.3) is 11.4 Å². The molecule has 0 radical (unpaired) electrons. The quantitative estimate of drug-likeness (QED) is 0.776. The molecule has 2 unspecified atom stereocenters. The molecule has 1 fully saturated rings. The van der Waals surface area contributed by atoms with E-state index >= 15 is 0 Å². The third-order valence-electron chi connectivity index (χ3n) is 4.63. The minimum absolute atomic E-state index is 0.191. The molecule has 1 N–H and O–H groups in total. The standard InChI is InChI=1S/C19H19FN4O2/c1-12-5-6-13(8-16(12)20)18-22-19(26-23-18)17-9-15(25)11-24(17)10-14-4-2-3-7-21-14/h2-8,15,17,25H,9-11H2,1H3. The van der Waals surface area contributed by atoms with Gasteiger partial charge >= 0.3 is 0 Å². The van der Waals surface area contributed by atoms with Gasteiger partial charge in [-0.25, -0.2) is 4.39 Å². The van der Waals surface area contributed by atoms with Crippen molar-refractivity contribution >= 4 is 0 Å². The van der Waals surface area contributed by atoms with Gasteiger partial charge in [0.15, 0.2) is 0 Å². The van der Waals surface area contributed by atoms with Crippen LogP contribution in [0.4, 0.5) is 4.39 Å². The molecule has 26 heavy (non-hydrogen) atoms. The summed E-state index contributed by atoms with van der Waals surface area (Å²) in [5, 5.41) is 14.1. The monoisotopic (exact) mass is 354 g/mol. The first kappa shape index (κ1) is 16.8. The first-order chi connectivity index (χ1) is 12.6. The molecule has 7 heteroatoms. The van der Waals surface area contributed by atoms with Crippen molar-refractivity contribution in [3.8, 4) is 11.4 Å². The fraction of sp³-hybridized carbons (Fsp3) is 0.316. The van der Waals surface area contributed by atoms with Crippen molar-refractivity contribution in [2.24, 2.45) is 0 Å². The van der Waals surface area contributed by atoms with E-state index in [4.69, 9.17) is 4.52 Å². The summed E-state index contributed by atoms with van der Waals surface area (Å²) in [6, 6.07) is 10.4. The maximum Gasteiger partial charge on any atom is 0.244 e. The molecular weight excluding hydrogens is 335 g/mol. The summed E-state index contributed by atoms with van der Waals surface area (Å²) in [6.45, 7) is 2.80. The highest BCUT2D eigenvalue weighted by Crippen LogP contribution is 2.33. The van der Waals surface area contributed by atoms with Crippen LogP contribution in [-0.2, 0) is 6.54 Å². The lowest BCUT2D eigenvalue weighted by Crippen LogP contribution is -2.25. The van der Waals surface area contributed by atoms with Crippen molar-refractivity contribution in [1.82, 2.24) is 20.0 Å². The Kier molecular flexibility index (Phi) is 4.48. The van der Waals surface area contributed by atoms with Gasteiger partial charge in [0.2, 0.25) is 11.7 Å². The van der Waals surface area contributed by atoms with Crippen LogP contribution in [0, 0.1) is 12.7 Å². The number of hydrogen-bond donors (Lipinski definition) is 1. The van der Waals surface area contributed by atoms with Crippen molar-refractivity contribution in [3.05, 3.63) is 65.6 Å². The topological polar surface area (TPSA) is 75.3 Å². The van der Waals surface area contributed by atoms with E-state index < -0.39 is 6.10 Å². The smallest absolute Gasteiger partial charge is 0.244 e. The number of aliphatic hydroxyl groups excluding tert-OH is 1. The number of aromatic nitrogens is 3. The summed E-state index contributed by atoms with van der Waals surface area (Å²) in [5.74, 6) is 0.466. The average molecular weight is 354 g/mol. The van der Waals surface area contributed by atoms with Gasteiger partial charge in [-0.15, -0.1) is 0 Å². The summed E-state index contributed by atoms with van der Waals surface area (Å²) >= 11 is 0.